The molecule has 0 aromatic heterocycles. The lowest BCUT2D eigenvalue weighted by Gasteiger charge is -2.10. The first-order chi connectivity index (χ1) is 6.86. The maximum absolute atomic E-state index is 13.1. The van der Waals surface area contributed by atoms with Gasteiger partial charge in [-0.25, -0.2) is 4.39 Å². The number of hydrogen-bond acceptors (Lipinski definition) is 2. The van der Waals surface area contributed by atoms with Gasteiger partial charge in [-0.15, -0.1) is 12.4 Å². The number of halogens is 2. The van der Waals surface area contributed by atoms with Gasteiger partial charge in [0.1, 0.15) is 0 Å². The van der Waals surface area contributed by atoms with Crippen molar-refractivity contribution in [1.29, 1.82) is 0 Å². The molecule has 0 amide bonds. The zero-order valence-corrected chi connectivity index (χ0v) is 9.23. The molecule has 0 radical (unpaired) electrons. The van der Waals surface area contributed by atoms with Crippen molar-refractivity contribution in [2.24, 2.45) is 5.92 Å². The molecule has 15 heavy (non-hydrogen) atoms. The Labute approximate surface area is 95.2 Å². The summed E-state index contributed by atoms with van der Waals surface area (Å²) in [5.74, 6) is 0.604. The van der Waals surface area contributed by atoms with Gasteiger partial charge >= 0.3 is 0 Å². The monoisotopic (exact) mass is 231 g/mol. The largest absolute Gasteiger partial charge is 0.490 e. The van der Waals surface area contributed by atoms with Gasteiger partial charge in [-0.3, -0.25) is 0 Å². The van der Waals surface area contributed by atoms with Gasteiger partial charge in [-0.2, -0.15) is 0 Å². The van der Waals surface area contributed by atoms with Crippen LogP contribution in [0.15, 0.2) is 24.3 Å². The first-order valence-electron chi connectivity index (χ1n) is 4.94. The number of ether oxygens (including phenoxy) is 1. The fourth-order valence-electron chi connectivity index (χ4n) is 1.63. The van der Waals surface area contributed by atoms with Gasteiger partial charge in [0.2, 0.25) is 0 Å². The molecule has 2 nitrogen and oxygen atoms in total. The van der Waals surface area contributed by atoms with E-state index in [4.69, 9.17) is 4.74 Å². The summed E-state index contributed by atoms with van der Waals surface area (Å²) in [5, 5.41) is 3.25. The van der Waals surface area contributed by atoms with Crippen LogP contribution in [0.2, 0.25) is 0 Å². The van der Waals surface area contributed by atoms with Crippen LogP contribution in [0.25, 0.3) is 0 Å². The van der Waals surface area contributed by atoms with Crippen molar-refractivity contribution in [2.75, 3.05) is 19.7 Å². The molecule has 0 spiro atoms. The van der Waals surface area contributed by atoms with E-state index in [1.807, 2.05) is 0 Å². The van der Waals surface area contributed by atoms with Crippen LogP contribution in [0, 0.1) is 11.7 Å². The fourth-order valence-corrected chi connectivity index (χ4v) is 1.63. The molecule has 2 rings (SSSR count). The Morgan fingerprint density at radius 3 is 2.87 bits per heavy atom. The second-order valence-corrected chi connectivity index (χ2v) is 3.60. The van der Waals surface area contributed by atoms with Gasteiger partial charge in [0.25, 0.3) is 0 Å². The average Bonchev–Trinajstić information content (AvgIpc) is 2.69. The summed E-state index contributed by atoms with van der Waals surface area (Å²) in [6.07, 6.45) is 1.12. The molecule has 1 fully saturated rings. The number of para-hydroxylation sites is 1. The standard InChI is InChI=1S/C11H14FNO.ClH/c12-10-3-1-2-4-11(10)14-8-9-5-6-13-7-9;/h1-4,9,13H,5-8H2;1H. The number of hydrogen-bond donors (Lipinski definition) is 1. The minimum atomic E-state index is -0.279. The zero-order chi connectivity index (χ0) is 9.80. The van der Waals surface area contributed by atoms with Crippen molar-refractivity contribution in [3.8, 4) is 5.75 Å². The molecule has 1 aliphatic heterocycles. The Morgan fingerprint density at radius 1 is 1.40 bits per heavy atom. The van der Waals surface area contributed by atoms with Gasteiger partial charge in [0.15, 0.2) is 11.6 Å². The number of rotatable bonds is 3. The van der Waals surface area contributed by atoms with Crippen LogP contribution >= 0.6 is 12.4 Å². The molecule has 0 aliphatic carbocycles. The van der Waals surface area contributed by atoms with E-state index in [1.165, 1.54) is 6.07 Å². The van der Waals surface area contributed by atoms with Crippen molar-refractivity contribution in [3.63, 3.8) is 0 Å². The van der Waals surface area contributed by atoms with Crippen LogP contribution in [0.5, 0.6) is 5.75 Å². The molecule has 1 unspecified atom stereocenters. The third kappa shape index (κ3) is 3.36. The zero-order valence-electron chi connectivity index (χ0n) is 8.41. The van der Waals surface area contributed by atoms with Crippen LogP contribution < -0.4 is 10.1 Å². The molecule has 1 N–H and O–H groups in total. The molecule has 0 bridgehead atoms. The summed E-state index contributed by atoms with van der Waals surface area (Å²) >= 11 is 0. The van der Waals surface area contributed by atoms with E-state index in [1.54, 1.807) is 18.2 Å². The van der Waals surface area contributed by atoms with Crippen molar-refractivity contribution < 1.29 is 9.13 Å². The maximum Gasteiger partial charge on any atom is 0.165 e. The summed E-state index contributed by atoms with van der Waals surface area (Å²) in [5.41, 5.74) is 0. The van der Waals surface area contributed by atoms with E-state index in [0.717, 1.165) is 19.5 Å². The van der Waals surface area contributed by atoms with Gasteiger partial charge < -0.3 is 10.1 Å². The van der Waals surface area contributed by atoms with Gasteiger partial charge in [-0.05, 0) is 25.1 Å². The summed E-state index contributed by atoms with van der Waals surface area (Å²) < 4.78 is 18.5. The van der Waals surface area contributed by atoms with E-state index < -0.39 is 0 Å². The SMILES string of the molecule is Cl.Fc1ccccc1OCC1CCNC1. The Kier molecular flexibility index (Phi) is 4.85. The Morgan fingerprint density at radius 2 is 2.20 bits per heavy atom. The lowest BCUT2D eigenvalue weighted by Crippen LogP contribution is -2.15. The minimum absolute atomic E-state index is 0. The second kappa shape index (κ2) is 5.93. The van der Waals surface area contributed by atoms with Crippen molar-refractivity contribution >= 4 is 12.4 Å². The highest BCUT2D eigenvalue weighted by molar-refractivity contribution is 5.85. The van der Waals surface area contributed by atoms with Gasteiger partial charge in [0, 0.05) is 12.5 Å². The molecular weight excluding hydrogens is 217 g/mol. The highest BCUT2D eigenvalue weighted by Crippen LogP contribution is 2.17. The molecule has 1 aromatic rings. The Bertz CT molecular complexity index is 302. The third-order valence-electron chi connectivity index (χ3n) is 2.47. The molecular formula is C11H15ClFNO. The summed E-state index contributed by atoms with van der Waals surface area (Å²) in [4.78, 5) is 0. The van der Waals surface area contributed by atoms with E-state index in [2.05, 4.69) is 5.32 Å². The Hall–Kier alpha value is -0.800. The topological polar surface area (TPSA) is 21.3 Å². The predicted octanol–water partition coefficient (Wildman–Crippen LogP) is 2.24. The smallest absolute Gasteiger partial charge is 0.165 e. The normalized spacial score (nSPS) is 19.7. The molecule has 1 atom stereocenters. The summed E-state index contributed by atoms with van der Waals surface area (Å²) in [6.45, 7) is 2.63. The second-order valence-electron chi connectivity index (χ2n) is 3.60. The quantitative estimate of drug-likeness (QED) is 0.862. The minimum Gasteiger partial charge on any atom is -0.490 e. The first kappa shape index (κ1) is 12.3. The summed E-state index contributed by atoms with van der Waals surface area (Å²) in [6, 6.07) is 6.53. The summed E-state index contributed by atoms with van der Waals surface area (Å²) in [7, 11) is 0. The average molecular weight is 232 g/mol. The molecule has 1 aliphatic rings. The van der Waals surface area contributed by atoms with E-state index in [9.17, 15) is 4.39 Å². The van der Waals surface area contributed by atoms with Gasteiger partial charge in [-0.1, -0.05) is 12.1 Å². The van der Waals surface area contributed by atoms with Crippen LogP contribution in [0.4, 0.5) is 4.39 Å². The molecule has 1 aromatic carbocycles. The molecule has 0 saturated carbocycles. The number of nitrogens with one attached hydrogen (secondary N) is 1. The third-order valence-corrected chi connectivity index (χ3v) is 2.47. The molecule has 1 heterocycles. The molecule has 1 saturated heterocycles. The van der Waals surface area contributed by atoms with Gasteiger partial charge in [0.05, 0.1) is 6.61 Å². The first-order valence-corrected chi connectivity index (χ1v) is 4.94. The highest BCUT2D eigenvalue weighted by atomic mass is 35.5. The molecule has 84 valence electrons. The predicted molar refractivity (Wildman–Crippen MR) is 60.1 cm³/mol. The maximum atomic E-state index is 13.1. The van der Waals surface area contributed by atoms with Crippen molar-refractivity contribution in [3.05, 3.63) is 30.1 Å². The molecule has 4 heteroatoms. The van der Waals surface area contributed by atoms with Crippen LogP contribution in [-0.2, 0) is 0 Å². The van der Waals surface area contributed by atoms with Crippen LogP contribution in [0.1, 0.15) is 6.42 Å². The van der Waals surface area contributed by atoms with E-state index in [0.29, 0.717) is 18.3 Å². The highest BCUT2D eigenvalue weighted by Gasteiger charge is 2.15. The van der Waals surface area contributed by atoms with Crippen LogP contribution in [-0.4, -0.2) is 19.7 Å². The van der Waals surface area contributed by atoms with E-state index in [-0.39, 0.29) is 18.2 Å². The van der Waals surface area contributed by atoms with Crippen molar-refractivity contribution in [2.45, 2.75) is 6.42 Å². The number of benzene rings is 1. The van der Waals surface area contributed by atoms with Crippen molar-refractivity contribution in [1.82, 2.24) is 5.32 Å². The lowest BCUT2D eigenvalue weighted by molar-refractivity contribution is 0.249. The Balaban J connectivity index is 0.00000112. The lowest BCUT2D eigenvalue weighted by atomic mass is 10.1. The fraction of sp³-hybridized carbons (Fsp3) is 0.455. The van der Waals surface area contributed by atoms with E-state index >= 15 is 0 Å². The van der Waals surface area contributed by atoms with Crippen LogP contribution in [0.3, 0.4) is 0 Å².